The Hall–Kier alpha value is -7.90. The maximum Gasteiger partial charge on any atom is 0.227 e. The Morgan fingerprint density at radius 2 is 0.771 bits per heavy atom. The predicted molar refractivity (Wildman–Crippen MR) is 369 cm³/mol. The van der Waals surface area contributed by atoms with Crippen molar-refractivity contribution in [2.45, 2.75) is 191 Å². The van der Waals surface area contributed by atoms with E-state index in [-0.39, 0.29) is 71.5 Å². The van der Waals surface area contributed by atoms with Gasteiger partial charge < -0.3 is 39.4 Å². The molecule has 3 aliphatic carbocycles. The van der Waals surface area contributed by atoms with E-state index in [1.165, 1.54) is 22.3 Å². The fourth-order valence-electron chi connectivity index (χ4n) is 16.9. The van der Waals surface area contributed by atoms with Crippen LogP contribution in [0, 0.1) is 35.5 Å². The smallest absolute Gasteiger partial charge is 0.227 e. The number of fused-ring (bicyclic) bond motifs is 2. The highest BCUT2D eigenvalue weighted by Gasteiger charge is 2.46. The molecule has 4 aromatic carbocycles. The van der Waals surface area contributed by atoms with E-state index in [0.29, 0.717) is 136 Å². The number of Topliss-reactive ketones (excluding diaryl/α,β-unsaturated/α-hetero) is 4. The second-order valence-corrected chi connectivity index (χ2v) is 28.7. The molecule has 18 heteroatoms. The number of aryl methyl sites for hydroxylation is 2. The average molecular weight is 1300 g/mol. The van der Waals surface area contributed by atoms with Gasteiger partial charge in [0.25, 0.3) is 0 Å². The van der Waals surface area contributed by atoms with Gasteiger partial charge >= 0.3 is 0 Å². The van der Waals surface area contributed by atoms with Crippen LogP contribution in [0.4, 0.5) is 11.9 Å². The molecule has 5 aliphatic rings. The Balaban J connectivity index is 0.628. The zero-order chi connectivity index (χ0) is 66.4. The van der Waals surface area contributed by atoms with Crippen molar-refractivity contribution in [3.63, 3.8) is 0 Å². The molecule has 10 atom stereocenters. The van der Waals surface area contributed by atoms with Crippen LogP contribution in [-0.2, 0) is 32.0 Å². The van der Waals surface area contributed by atoms with Crippen LogP contribution >= 0.6 is 0 Å². The van der Waals surface area contributed by atoms with E-state index in [1.54, 1.807) is 12.7 Å². The number of carbonyl (C=O) groups excluding carboxylic acids is 4. The molecule has 2 saturated heterocycles. The van der Waals surface area contributed by atoms with Crippen LogP contribution in [0.1, 0.15) is 187 Å². The van der Waals surface area contributed by atoms with E-state index in [4.69, 9.17) is 29.9 Å². The first kappa shape index (κ1) is 66.7. The monoisotopic (exact) mass is 1300 g/mol. The fourth-order valence-corrected chi connectivity index (χ4v) is 16.9. The minimum absolute atomic E-state index is 0.0568. The summed E-state index contributed by atoms with van der Waals surface area (Å²) < 4.78 is 3.78. The lowest BCUT2D eigenvalue weighted by Gasteiger charge is -2.28. The average Bonchev–Trinajstić information content (AvgIpc) is 1.60. The predicted octanol–water partition coefficient (Wildman–Crippen LogP) is 11.7. The highest BCUT2D eigenvalue weighted by molar-refractivity contribution is 5.81. The molecule has 0 radical (unpaired) electrons. The molecule has 0 spiro atoms. The third-order valence-corrected chi connectivity index (χ3v) is 22.3. The summed E-state index contributed by atoms with van der Waals surface area (Å²) in [5, 5.41) is 45.4. The summed E-state index contributed by atoms with van der Waals surface area (Å²) in [6.45, 7) is 6.32. The summed E-state index contributed by atoms with van der Waals surface area (Å²) >= 11 is 0. The van der Waals surface area contributed by atoms with Gasteiger partial charge in [-0.15, -0.1) is 0 Å². The molecule has 504 valence electrons. The van der Waals surface area contributed by atoms with Crippen LogP contribution in [-0.4, -0.2) is 133 Å². The van der Waals surface area contributed by atoms with Crippen LogP contribution in [0.2, 0.25) is 0 Å². The van der Waals surface area contributed by atoms with Crippen molar-refractivity contribution >= 4 is 57.4 Å². The van der Waals surface area contributed by atoms with E-state index < -0.39 is 36.5 Å². The van der Waals surface area contributed by atoms with Gasteiger partial charge in [0.05, 0.1) is 48.3 Å². The largest absolute Gasteiger partial charge is 0.390 e. The molecule has 13 rings (SSSR count). The lowest BCUT2D eigenvalue weighted by molar-refractivity contribution is -0.122. The van der Waals surface area contributed by atoms with E-state index in [2.05, 4.69) is 107 Å². The van der Waals surface area contributed by atoms with Crippen LogP contribution in [0.25, 0.3) is 22.3 Å². The standard InChI is InChI=1S/C78H94N10O8/c1-3-59(89)41-57-43-67(73(95)71(57)93)87-47-79-69-65(31-29-63(53-17-9-5-10-18-53)54-19-11-6-12-20-54)81-77(83-75(69)87)85-35-33-51(45-85)39-61(91)37-49-25-27-50(28-26-49)38-62(92)40-52-34-36-86(46-52)78-82-66(32-30-64(55-21-13-7-14-22-55)56-23-15-8-16-24-56)70-76(84-78)88(48-80-70)68-44-58(42-60(90)4-2)72(94)74(68)96/h5-24,47-52,57-58,63-64,67-68,71-74,93-96H,3-4,25-46H2,1-2H3/t49?,50?,51-,52-,57-,58-,67+,68+,71+,72+,73-,74-/m0/s1. The van der Waals surface area contributed by atoms with Crippen molar-refractivity contribution in [2.24, 2.45) is 35.5 Å². The summed E-state index contributed by atoms with van der Waals surface area (Å²) in [4.78, 5) is 88.2. The van der Waals surface area contributed by atoms with Crippen molar-refractivity contribution in [2.75, 3.05) is 36.0 Å². The maximum absolute atomic E-state index is 14.0. The second-order valence-electron chi connectivity index (χ2n) is 28.7. The molecule has 4 N–H and O–H groups in total. The van der Waals surface area contributed by atoms with Gasteiger partial charge in [-0.3, -0.25) is 19.2 Å². The van der Waals surface area contributed by atoms with Crippen molar-refractivity contribution < 1.29 is 39.6 Å². The minimum Gasteiger partial charge on any atom is -0.390 e. The first-order valence-electron chi connectivity index (χ1n) is 35.7. The Bertz CT molecular complexity index is 3620. The molecule has 6 heterocycles. The first-order valence-corrected chi connectivity index (χ1v) is 35.7. The highest BCUT2D eigenvalue weighted by Crippen LogP contribution is 2.43. The topological polar surface area (TPSA) is 243 Å². The van der Waals surface area contributed by atoms with E-state index in [9.17, 15) is 39.6 Å². The Morgan fingerprint density at radius 3 is 1.11 bits per heavy atom. The summed E-state index contributed by atoms with van der Waals surface area (Å²) in [6.07, 6.45) is 11.4. The van der Waals surface area contributed by atoms with Crippen LogP contribution in [0.15, 0.2) is 134 Å². The molecule has 3 saturated carbocycles. The SMILES string of the molecule is CCC(=O)C[C@H]1C[C@@H](n2cnc3c(CCC(c4ccccc4)c4ccccc4)nc(N4CC[C@@H](CC(=O)CC5CCC(CC(=O)C[C@@H]6CCN(c7nc(CCC(c8ccccc8)c8ccccc8)c8ncn([C@@H]9C[C@H](CC(=O)CC)[C@@H](O)[C@H]9O)c8n7)C6)CC5)C4)nc32)[C@H](O)[C@@H]1O. The third-order valence-electron chi connectivity index (χ3n) is 22.3. The van der Waals surface area contributed by atoms with Crippen LogP contribution in [0.5, 0.6) is 0 Å². The van der Waals surface area contributed by atoms with Crippen LogP contribution in [0.3, 0.4) is 0 Å². The summed E-state index contributed by atoms with van der Waals surface area (Å²) in [6, 6.07) is 41.0. The van der Waals surface area contributed by atoms with E-state index >= 15 is 0 Å². The summed E-state index contributed by atoms with van der Waals surface area (Å²) in [5.41, 5.74) is 8.98. The molecule has 2 aliphatic heterocycles. The number of imidazole rings is 2. The number of carbonyl (C=O) groups is 4. The number of aliphatic hydroxyl groups excluding tert-OH is 4. The van der Waals surface area contributed by atoms with Gasteiger partial charge in [0, 0.05) is 89.4 Å². The number of hydrogen-bond donors (Lipinski definition) is 4. The molecular formula is C78H94N10O8. The Kier molecular flexibility index (Phi) is 21.0. The third kappa shape index (κ3) is 15.0. The number of hydrogen-bond acceptors (Lipinski definition) is 16. The number of aromatic nitrogens is 8. The Labute approximate surface area is 563 Å². The van der Waals surface area contributed by atoms with E-state index in [1.807, 2.05) is 47.2 Å². The van der Waals surface area contributed by atoms with Gasteiger partial charge in [-0.05, 0) is 135 Å². The highest BCUT2D eigenvalue weighted by atomic mass is 16.3. The Morgan fingerprint density at radius 1 is 0.427 bits per heavy atom. The zero-order valence-corrected chi connectivity index (χ0v) is 55.6. The van der Waals surface area contributed by atoms with Gasteiger partial charge in [-0.2, -0.15) is 9.97 Å². The molecule has 0 bridgehead atoms. The maximum atomic E-state index is 14.0. The quantitative estimate of drug-likeness (QED) is 0.0356. The van der Waals surface area contributed by atoms with Gasteiger partial charge in [0.15, 0.2) is 11.3 Å². The first-order chi connectivity index (χ1) is 46.7. The number of ketones is 4. The number of rotatable bonds is 28. The molecule has 0 unspecified atom stereocenters. The van der Waals surface area contributed by atoms with Crippen molar-refractivity contribution in [3.05, 3.63) is 168 Å². The zero-order valence-electron chi connectivity index (χ0n) is 55.6. The number of nitrogens with zero attached hydrogens (tertiary/aromatic N) is 10. The number of aliphatic hydroxyl groups is 4. The van der Waals surface area contributed by atoms with Gasteiger partial charge in [0.1, 0.15) is 46.4 Å². The van der Waals surface area contributed by atoms with E-state index in [0.717, 1.165) is 62.8 Å². The van der Waals surface area contributed by atoms with Crippen molar-refractivity contribution in [1.29, 1.82) is 0 Å². The minimum atomic E-state index is -1.09. The normalized spacial score (nSPS) is 25.3. The molecule has 0 amide bonds. The molecule has 18 nitrogen and oxygen atoms in total. The molecule has 8 aromatic rings. The molecule has 5 fully saturated rings. The van der Waals surface area contributed by atoms with Crippen molar-refractivity contribution in [1.82, 2.24) is 39.0 Å². The number of benzene rings is 4. The summed E-state index contributed by atoms with van der Waals surface area (Å²) in [5.74, 6) is 2.18. The fraction of sp³-hybridized carbons (Fsp3) is 0.513. The second kappa shape index (κ2) is 30.2. The molecule has 96 heavy (non-hydrogen) atoms. The molecular weight excluding hydrogens is 1200 g/mol. The van der Waals surface area contributed by atoms with Crippen LogP contribution < -0.4 is 9.80 Å². The van der Waals surface area contributed by atoms with Crippen molar-refractivity contribution in [3.8, 4) is 0 Å². The number of anilines is 2. The summed E-state index contributed by atoms with van der Waals surface area (Å²) in [7, 11) is 0. The lowest BCUT2D eigenvalue weighted by atomic mass is 9.77. The van der Waals surface area contributed by atoms with Gasteiger partial charge in [-0.25, -0.2) is 19.9 Å². The van der Waals surface area contributed by atoms with Gasteiger partial charge in [-0.1, -0.05) is 135 Å². The lowest BCUT2D eigenvalue weighted by Crippen LogP contribution is -2.30. The van der Waals surface area contributed by atoms with Gasteiger partial charge in [0.2, 0.25) is 11.9 Å². The molecule has 4 aromatic heterocycles.